The first kappa shape index (κ1) is 14.0. The standard InChI is InChI=1S/C19H28O/c1-14-7-3-5-11-19(12-6-4-8-17(14)19)18-13-16(20)10-9-15(18)2/h9-10,13-14,17,20H,3-8,11-12H2,1-2H3. The summed E-state index contributed by atoms with van der Waals surface area (Å²) in [5, 5.41) is 9.99. The third-order valence-corrected chi connectivity index (χ3v) is 6.07. The molecule has 0 bridgehead atoms. The number of hydrogen-bond donors (Lipinski definition) is 1. The number of fused-ring (bicyclic) bond motifs is 1. The summed E-state index contributed by atoms with van der Waals surface area (Å²) in [4.78, 5) is 0. The number of phenols is 1. The maximum atomic E-state index is 9.99. The van der Waals surface area contributed by atoms with Crippen LogP contribution in [0.4, 0.5) is 0 Å². The van der Waals surface area contributed by atoms with E-state index in [1.807, 2.05) is 6.07 Å². The molecule has 0 amide bonds. The smallest absolute Gasteiger partial charge is 0.115 e. The summed E-state index contributed by atoms with van der Waals surface area (Å²) in [6.07, 6.45) is 10.9. The Hall–Kier alpha value is -0.980. The van der Waals surface area contributed by atoms with Crippen LogP contribution in [0.25, 0.3) is 0 Å². The van der Waals surface area contributed by atoms with Gasteiger partial charge in [-0.05, 0) is 66.7 Å². The number of hydrogen-bond acceptors (Lipinski definition) is 1. The molecule has 0 aromatic heterocycles. The minimum absolute atomic E-state index is 0.344. The normalized spacial score (nSPS) is 34.3. The monoisotopic (exact) mass is 272 g/mol. The molecule has 20 heavy (non-hydrogen) atoms. The molecular weight excluding hydrogens is 244 g/mol. The van der Waals surface area contributed by atoms with Crippen molar-refractivity contribution >= 4 is 0 Å². The van der Waals surface area contributed by atoms with E-state index in [0.29, 0.717) is 11.2 Å². The van der Waals surface area contributed by atoms with Gasteiger partial charge in [-0.2, -0.15) is 0 Å². The lowest BCUT2D eigenvalue weighted by Crippen LogP contribution is -2.40. The predicted molar refractivity (Wildman–Crippen MR) is 84.1 cm³/mol. The summed E-state index contributed by atoms with van der Waals surface area (Å²) in [7, 11) is 0. The van der Waals surface area contributed by atoms with Gasteiger partial charge in [-0.15, -0.1) is 0 Å². The van der Waals surface area contributed by atoms with E-state index in [0.717, 1.165) is 11.8 Å². The van der Waals surface area contributed by atoms with Crippen LogP contribution in [0.3, 0.4) is 0 Å². The minimum atomic E-state index is 0.344. The van der Waals surface area contributed by atoms with Crippen LogP contribution >= 0.6 is 0 Å². The van der Waals surface area contributed by atoms with Crippen molar-refractivity contribution in [2.45, 2.75) is 70.6 Å². The van der Waals surface area contributed by atoms with E-state index in [4.69, 9.17) is 0 Å². The molecule has 2 fully saturated rings. The van der Waals surface area contributed by atoms with E-state index in [9.17, 15) is 5.11 Å². The zero-order valence-corrected chi connectivity index (χ0v) is 13.0. The molecule has 1 aromatic carbocycles. The molecule has 0 saturated heterocycles. The van der Waals surface area contributed by atoms with Crippen LogP contribution in [-0.2, 0) is 5.41 Å². The van der Waals surface area contributed by atoms with Gasteiger partial charge in [-0.25, -0.2) is 0 Å². The lowest BCUT2D eigenvalue weighted by atomic mass is 9.57. The van der Waals surface area contributed by atoms with E-state index in [1.165, 1.54) is 62.5 Å². The number of aryl methyl sites for hydroxylation is 1. The maximum absolute atomic E-state index is 9.99. The van der Waals surface area contributed by atoms with Gasteiger partial charge in [0.1, 0.15) is 5.75 Å². The van der Waals surface area contributed by atoms with Crippen molar-refractivity contribution in [3.63, 3.8) is 0 Å². The van der Waals surface area contributed by atoms with Gasteiger partial charge in [0.25, 0.3) is 0 Å². The van der Waals surface area contributed by atoms with Crippen LogP contribution in [0.1, 0.15) is 69.4 Å². The Morgan fingerprint density at radius 1 is 1.05 bits per heavy atom. The van der Waals surface area contributed by atoms with Gasteiger partial charge in [0, 0.05) is 0 Å². The van der Waals surface area contributed by atoms with E-state index in [2.05, 4.69) is 26.0 Å². The first-order chi connectivity index (χ1) is 9.63. The van der Waals surface area contributed by atoms with Crippen molar-refractivity contribution in [2.75, 3.05) is 0 Å². The summed E-state index contributed by atoms with van der Waals surface area (Å²) in [5.74, 6) is 2.10. The molecule has 0 aliphatic heterocycles. The fraction of sp³-hybridized carbons (Fsp3) is 0.684. The number of rotatable bonds is 1. The van der Waals surface area contributed by atoms with Gasteiger partial charge in [-0.1, -0.05) is 45.1 Å². The van der Waals surface area contributed by atoms with Crippen molar-refractivity contribution in [1.29, 1.82) is 0 Å². The SMILES string of the molecule is Cc1ccc(O)cc1C12CCCCC(C)C1CCCC2. The summed E-state index contributed by atoms with van der Waals surface area (Å²) >= 11 is 0. The van der Waals surface area contributed by atoms with Gasteiger partial charge in [0.05, 0.1) is 0 Å². The molecule has 110 valence electrons. The average molecular weight is 272 g/mol. The molecule has 1 N–H and O–H groups in total. The second-order valence-electron chi connectivity index (χ2n) is 7.23. The van der Waals surface area contributed by atoms with E-state index < -0.39 is 0 Å². The van der Waals surface area contributed by atoms with Crippen molar-refractivity contribution in [2.24, 2.45) is 11.8 Å². The van der Waals surface area contributed by atoms with Crippen LogP contribution < -0.4 is 0 Å². The van der Waals surface area contributed by atoms with Gasteiger partial charge in [-0.3, -0.25) is 0 Å². The van der Waals surface area contributed by atoms with Crippen LogP contribution in [0.5, 0.6) is 5.75 Å². The third-order valence-electron chi connectivity index (χ3n) is 6.07. The zero-order chi connectivity index (χ0) is 14.2. The Labute approximate surface area is 123 Å². The Kier molecular flexibility index (Phi) is 3.79. The highest BCUT2D eigenvalue weighted by atomic mass is 16.3. The van der Waals surface area contributed by atoms with E-state index >= 15 is 0 Å². The molecule has 2 aliphatic rings. The maximum Gasteiger partial charge on any atom is 0.115 e. The molecular formula is C19H28O. The quantitative estimate of drug-likeness (QED) is 0.731. The molecule has 1 nitrogen and oxygen atoms in total. The van der Waals surface area contributed by atoms with Crippen molar-refractivity contribution in [3.8, 4) is 5.75 Å². The highest BCUT2D eigenvalue weighted by Crippen LogP contribution is 2.54. The average Bonchev–Trinajstić information content (AvgIpc) is 2.62. The topological polar surface area (TPSA) is 20.2 Å². The largest absolute Gasteiger partial charge is 0.508 e. The fourth-order valence-electron chi connectivity index (χ4n) is 5.13. The Bertz CT molecular complexity index is 479. The van der Waals surface area contributed by atoms with Gasteiger partial charge in [0.2, 0.25) is 0 Å². The van der Waals surface area contributed by atoms with Crippen LogP contribution in [-0.4, -0.2) is 5.11 Å². The van der Waals surface area contributed by atoms with Gasteiger partial charge in [0.15, 0.2) is 0 Å². The lowest BCUT2D eigenvalue weighted by Gasteiger charge is -2.47. The summed E-state index contributed by atoms with van der Waals surface area (Å²) in [5.41, 5.74) is 3.18. The van der Waals surface area contributed by atoms with E-state index in [1.54, 1.807) is 0 Å². The summed E-state index contributed by atoms with van der Waals surface area (Å²) < 4.78 is 0. The predicted octanol–water partition coefficient (Wildman–Crippen LogP) is 5.34. The van der Waals surface area contributed by atoms with Crippen molar-refractivity contribution in [1.82, 2.24) is 0 Å². The lowest BCUT2D eigenvalue weighted by molar-refractivity contribution is 0.128. The van der Waals surface area contributed by atoms with Crippen LogP contribution in [0.15, 0.2) is 18.2 Å². The molecule has 3 rings (SSSR count). The van der Waals surface area contributed by atoms with Gasteiger partial charge < -0.3 is 5.11 Å². The molecule has 0 spiro atoms. The first-order valence-corrected chi connectivity index (χ1v) is 8.43. The molecule has 2 aliphatic carbocycles. The van der Waals surface area contributed by atoms with Crippen molar-refractivity contribution in [3.05, 3.63) is 29.3 Å². The Morgan fingerprint density at radius 2 is 1.75 bits per heavy atom. The molecule has 0 heterocycles. The minimum Gasteiger partial charge on any atom is -0.508 e. The number of phenolic OH excluding ortho intramolecular Hbond substituents is 1. The Morgan fingerprint density at radius 3 is 2.50 bits per heavy atom. The molecule has 0 radical (unpaired) electrons. The van der Waals surface area contributed by atoms with Gasteiger partial charge >= 0.3 is 0 Å². The first-order valence-electron chi connectivity index (χ1n) is 8.43. The molecule has 3 unspecified atom stereocenters. The van der Waals surface area contributed by atoms with Crippen LogP contribution in [0, 0.1) is 18.8 Å². The third kappa shape index (κ3) is 2.25. The van der Waals surface area contributed by atoms with Crippen LogP contribution in [0.2, 0.25) is 0 Å². The highest BCUT2D eigenvalue weighted by Gasteiger charge is 2.45. The molecule has 1 heteroatoms. The number of benzene rings is 1. The highest BCUT2D eigenvalue weighted by molar-refractivity contribution is 5.40. The number of aromatic hydroxyl groups is 1. The second-order valence-corrected chi connectivity index (χ2v) is 7.23. The Balaban J connectivity index is 2.10. The second kappa shape index (κ2) is 5.42. The molecule has 3 atom stereocenters. The molecule has 2 saturated carbocycles. The van der Waals surface area contributed by atoms with Crippen molar-refractivity contribution < 1.29 is 5.11 Å². The summed E-state index contributed by atoms with van der Waals surface area (Å²) in [6, 6.07) is 6.03. The van der Waals surface area contributed by atoms with E-state index in [-0.39, 0.29) is 0 Å². The fourth-order valence-corrected chi connectivity index (χ4v) is 5.13. The summed E-state index contributed by atoms with van der Waals surface area (Å²) in [6.45, 7) is 4.69. The molecule has 1 aromatic rings. The zero-order valence-electron chi connectivity index (χ0n) is 13.0.